The van der Waals surface area contributed by atoms with Crippen molar-refractivity contribution < 1.29 is 9.13 Å². The van der Waals surface area contributed by atoms with Gasteiger partial charge >= 0.3 is 0 Å². The van der Waals surface area contributed by atoms with E-state index in [0.717, 1.165) is 5.56 Å². The summed E-state index contributed by atoms with van der Waals surface area (Å²) in [6.45, 7) is 0.703. The van der Waals surface area contributed by atoms with E-state index in [2.05, 4.69) is 10.3 Å². The van der Waals surface area contributed by atoms with Gasteiger partial charge in [-0.05, 0) is 42.7 Å². The van der Waals surface area contributed by atoms with Crippen LogP contribution in [0.15, 0.2) is 42.7 Å². The van der Waals surface area contributed by atoms with Gasteiger partial charge in [-0.1, -0.05) is 18.9 Å². The highest BCUT2D eigenvalue weighted by Gasteiger charge is 2.14. The van der Waals surface area contributed by atoms with Gasteiger partial charge in [0.15, 0.2) is 11.6 Å². The fourth-order valence-corrected chi connectivity index (χ4v) is 2.66. The molecule has 1 N–H and O–H groups in total. The molecule has 1 saturated carbocycles. The number of hydrogen-bond acceptors (Lipinski definition) is 3. The molecule has 1 aliphatic rings. The second kappa shape index (κ2) is 6.68. The summed E-state index contributed by atoms with van der Waals surface area (Å²) in [7, 11) is 0. The lowest BCUT2D eigenvalue weighted by molar-refractivity contribution is 0.439. The quantitative estimate of drug-likeness (QED) is 0.900. The van der Waals surface area contributed by atoms with Crippen molar-refractivity contribution in [3.05, 3.63) is 54.1 Å². The molecule has 3 rings (SSSR count). The first-order valence-corrected chi connectivity index (χ1v) is 7.41. The highest BCUT2D eigenvalue weighted by Crippen LogP contribution is 2.25. The Kier molecular flexibility index (Phi) is 4.46. The van der Waals surface area contributed by atoms with Crippen LogP contribution >= 0.6 is 0 Å². The smallest absolute Gasteiger partial charge is 0.166 e. The number of halogens is 1. The number of nitrogens with zero attached hydrogens (tertiary/aromatic N) is 1. The number of aromatic nitrogens is 1. The molecule has 1 heterocycles. The van der Waals surface area contributed by atoms with E-state index in [1.807, 2.05) is 6.07 Å². The normalized spacial score (nSPS) is 15.3. The summed E-state index contributed by atoms with van der Waals surface area (Å²) in [5.41, 5.74) is 0.943. The van der Waals surface area contributed by atoms with E-state index in [-0.39, 0.29) is 11.6 Å². The first-order valence-electron chi connectivity index (χ1n) is 7.41. The van der Waals surface area contributed by atoms with Crippen molar-refractivity contribution in [1.82, 2.24) is 10.3 Å². The van der Waals surface area contributed by atoms with Gasteiger partial charge in [-0.25, -0.2) is 4.39 Å². The Morgan fingerprint density at radius 2 is 2.10 bits per heavy atom. The van der Waals surface area contributed by atoms with E-state index in [1.54, 1.807) is 30.6 Å². The van der Waals surface area contributed by atoms with Gasteiger partial charge in [-0.2, -0.15) is 0 Å². The van der Waals surface area contributed by atoms with E-state index in [0.29, 0.717) is 18.3 Å². The van der Waals surface area contributed by atoms with Crippen LogP contribution in [0.2, 0.25) is 0 Å². The van der Waals surface area contributed by atoms with Crippen LogP contribution in [0.25, 0.3) is 0 Å². The van der Waals surface area contributed by atoms with Gasteiger partial charge in [-0.15, -0.1) is 0 Å². The Balaban J connectivity index is 1.62. The molecular formula is C17H19FN2O. The summed E-state index contributed by atoms with van der Waals surface area (Å²) in [5.74, 6) is 0.422. The third kappa shape index (κ3) is 3.79. The fraction of sp³-hybridized carbons (Fsp3) is 0.353. The minimum Gasteiger partial charge on any atom is -0.453 e. The van der Waals surface area contributed by atoms with Crippen LogP contribution in [0.4, 0.5) is 4.39 Å². The highest BCUT2D eigenvalue weighted by atomic mass is 19.1. The van der Waals surface area contributed by atoms with Crippen molar-refractivity contribution in [2.24, 2.45) is 0 Å². The minimum absolute atomic E-state index is 0.229. The molecule has 110 valence electrons. The molecule has 0 aliphatic heterocycles. The van der Waals surface area contributed by atoms with E-state index in [4.69, 9.17) is 4.74 Å². The third-order valence-electron chi connectivity index (χ3n) is 3.81. The summed E-state index contributed by atoms with van der Waals surface area (Å²) in [4.78, 5) is 3.94. The average Bonchev–Trinajstić information content (AvgIpc) is 3.02. The fourth-order valence-electron chi connectivity index (χ4n) is 2.66. The van der Waals surface area contributed by atoms with Gasteiger partial charge in [0, 0.05) is 18.8 Å². The molecule has 1 aromatic carbocycles. The van der Waals surface area contributed by atoms with Crippen molar-refractivity contribution >= 4 is 0 Å². The maximum atomic E-state index is 14.1. The van der Waals surface area contributed by atoms with Crippen LogP contribution in [0.5, 0.6) is 11.5 Å². The molecule has 0 unspecified atom stereocenters. The molecule has 0 bridgehead atoms. The number of rotatable bonds is 5. The maximum absolute atomic E-state index is 14.1. The van der Waals surface area contributed by atoms with Crippen molar-refractivity contribution in [3.63, 3.8) is 0 Å². The Hall–Kier alpha value is -1.94. The van der Waals surface area contributed by atoms with Crippen molar-refractivity contribution in [3.8, 4) is 11.5 Å². The number of ether oxygens (including phenoxy) is 1. The van der Waals surface area contributed by atoms with E-state index < -0.39 is 0 Å². The zero-order valence-corrected chi connectivity index (χ0v) is 11.9. The molecule has 0 radical (unpaired) electrons. The van der Waals surface area contributed by atoms with Crippen LogP contribution in [-0.4, -0.2) is 11.0 Å². The average molecular weight is 286 g/mol. The minimum atomic E-state index is -0.343. The standard InChI is InChI=1S/C17H19FN2O/c18-16-10-13(11-20-14-4-1-2-5-14)7-8-17(16)21-15-6-3-9-19-12-15/h3,6-10,12,14,20H,1-2,4-5,11H2. The summed E-state index contributed by atoms with van der Waals surface area (Å²) >= 11 is 0. The lowest BCUT2D eigenvalue weighted by Crippen LogP contribution is -2.25. The van der Waals surface area contributed by atoms with Gasteiger partial charge in [0.2, 0.25) is 0 Å². The molecule has 3 nitrogen and oxygen atoms in total. The number of hydrogen-bond donors (Lipinski definition) is 1. The lowest BCUT2D eigenvalue weighted by Gasteiger charge is -2.12. The van der Waals surface area contributed by atoms with E-state index in [1.165, 1.54) is 31.7 Å². The molecule has 2 aromatic rings. The van der Waals surface area contributed by atoms with Gasteiger partial charge < -0.3 is 10.1 Å². The van der Waals surface area contributed by atoms with Crippen molar-refractivity contribution in [2.75, 3.05) is 0 Å². The van der Waals surface area contributed by atoms with E-state index >= 15 is 0 Å². The first kappa shape index (κ1) is 14.0. The zero-order chi connectivity index (χ0) is 14.5. The summed E-state index contributed by atoms with van der Waals surface area (Å²) < 4.78 is 19.5. The molecule has 0 saturated heterocycles. The molecule has 0 atom stereocenters. The Morgan fingerprint density at radius 3 is 2.81 bits per heavy atom. The summed E-state index contributed by atoms with van der Waals surface area (Å²) in [6.07, 6.45) is 8.26. The predicted molar refractivity (Wildman–Crippen MR) is 79.8 cm³/mol. The third-order valence-corrected chi connectivity index (χ3v) is 3.81. The second-order valence-electron chi connectivity index (χ2n) is 5.42. The Morgan fingerprint density at radius 1 is 1.24 bits per heavy atom. The molecule has 4 heteroatoms. The molecule has 1 fully saturated rings. The first-order chi connectivity index (χ1) is 10.3. The molecule has 0 amide bonds. The topological polar surface area (TPSA) is 34.1 Å². The SMILES string of the molecule is Fc1cc(CNC2CCCC2)ccc1Oc1cccnc1. The maximum Gasteiger partial charge on any atom is 0.166 e. The Labute approximate surface area is 124 Å². The summed E-state index contributed by atoms with van der Waals surface area (Å²) in [6, 6.07) is 9.20. The van der Waals surface area contributed by atoms with Crippen molar-refractivity contribution in [2.45, 2.75) is 38.3 Å². The highest BCUT2D eigenvalue weighted by molar-refractivity contribution is 5.33. The monoisotopic (exact) mass is 286 g/mol. The lowest BCUT2D eigenvalue weighted by atomic mass is 10.2. The Bertz CT molecular complexity index is 583. The largest absolute Gasteiger partial charge is 0.453 e. The van der Waals surface area contributed by atoms with Gasteiger partial charge in [0.25, 0.3) is 0 Å². The predicted octanol–water partition coefficient (Wildman–Crippen LogP) is 4.05. The van der Waals surface area contributed by atoms with Crippen LogP contribution < -0.4 is 10.1 Å². The molecule has 21 heavy (non-hydrogen) atoms. The number of nitrogens with one attached hydrogen (secondary N) is 1. The zero-order valence-electron chi connectivity index (χ0n) is 11.9. The number of benzene rings is 1. The van der Waals surface area contributed by atoms with Crippen LogP contribution in [0, 0.1) is 5.82 Å². The van der Waals surface area contributed by atoms with E-state index in [9.17, 15) is 4.39 Å². The van der Waals surface area contributed by atoms with Crippen LogP contribution in [-0.2, 0) is 6.54 Å². The second-order valence-corrected chi connectivity index (χ2v) is 5.42. The van der Waals surface area contributed by atoms with Crippen LogP contribution in [0.3, 0.4) is 0 Å². The van der Waals surface area contributed by atoms with Gasteiger partial charge in [0.1, 0.15) is 5.75 Å². The van der Waals surface area contributed by atoms with Gasteiger partial charge in [-0.3, -0.25) is 4.98 Å². The van der Waals surface area contributed by atoms with Crippen molar-refractivity contribution in [1.29, 1.82) is 0 Å². The molecule has 1 aliphatic carbocycles. The van der Waals surface area contributed by atoms with Crippen LogP contribution in [0.1, 0.15) is 31.2 Å². The van der Waals surface area contributed by atoms with Gasteiger partial charge in [0.05, 0.1) is 6.20 Å². The number of pyridine rings is 1. The molecular weight excluding hydrogens is 267 g/mol. The molecule has 1 aromatic heterocycles. The molecule has 0 spiro atoms. The summed E-state index contributed by atoms with van der Waals surface area (Å²) in [5, 5.41) is 3.48.